The number of aliphatic hydroxyl groups excluding tert-OH is 1. The molecule has 2 N–H and O–H groups in total. The van der Waals surface area contributed by atoms with E-state index < -0.39 is 6.10 Å². The first-order chi connectivity index (χ1) is 9.41. The lowest BCUT2D eigenvalue weighted by atomic mass is 9.64. The monoisotopic (exact) mass is 297 g/mol. The lowest BCUT2D eigenvalue weighted by Crippen LogP contribution is -2.61. The van der Waals surface area contributed by atoms with Crippen LogP contribution >= 0.6 is 11.3 Å². The van der Waals surface area contributed by atoms with Gasteiger partial charge in [0.1, 0.15) is 0 Å². The molecule has 114 valence electrons. The zero-order valence-electron chi connectivity index (χ0n) is 12.9. The average molecular weight is 297 g/mol. The van der Waals surface area contributed by atoms with Crippen LogP contribution in [-0.2, 0) is 4.74 Å². The second kappa shape index (κ2) is 6.56. The number of hydrogen-bond acceptors (Lipinski definition) is 4. The minimum Gasteiger partial charge on any atom is -0.387 e. The Labute approximate surface area is 126 Å². The SMILES string of the molecule is CC(C)COC1CC(NCC(O)c2ccsc2)C1(C)C. The maximum atomic E-state index is 10.1. The molecule has 0 aliphatic heterocycles. The minimum absolute atomic E-state index is 0.142. The van der Waals surface area contributed by atoms with Crippen molar-refractivity contribution in [2.75, 3.05) is 13.2 Å². The standard InChI is InChI=1S/C16H27NO2S/c1-11(2)9-19-15-7-14(16(15,3)4)17-8-13(18)12-5-6-20-10-12/h5-6,10-11,13-15,17-18H,7-9H2,1-4H3. The van der Waals surface area contributed by atoms with Gasteiger partial charge in [-0.1, -0.05) is 27.7 Å². The Balaban J connectivity index is 1.75. The van der Waals surface area contributed by atoms with Gasteiger partial charge in [0.05, 0.1) is 12.2 Å². The van der Waals surface area contributed by atoms with Crippen molar-refractivity contribution in [1.82, 2.24) is 5.32 Å². The highest BCUT2D eigenvalue weighted by atomic mass is 32.1. The molecule has 1 aliphatic rings. The van der Waals surface area contributed by atoms with Crippen molar-refractivity contribution in [3.63, 3.8) is 0 Å². The molecule has 20 heavy (non-hydrogen) atoms. The highest BCUT2D eigenvalue weighted by molar-refractivity contribution is 7.07. The number of aliphatic hydroxyl groups is 1. The quantitative estimate of drug-likeness (QED) is 0.812. The molecule has 0 amide bonds. The van der Waals surface area contributed by atoms with E-state index >= 15 is 0 Å². The Morgan fingerprint density at radius 3 is 2.80 bits per heavy atom. The van der Waals surface area contributed by atoms with Gasteiger partial charge in [0.15, 0.2) is 0 Å². The summed E-state index contributed by atoms with van der Waals surface area (Å²) in [7, 11) is 0. The van der Waals surface area contributed by atoms with Crippen LogP contribution in [0, 0.1) is 11.3 Å². The first-order valence-electron chi connectivity index (χ1n) is 7.46. The summed E-state index contributed by atoms with van der Waals surface area (Å²) >= 11 is 1.62. The Bertz CT molecular complexity index is 403. The largest absolute Gasteiger partial charge is 0.387 e. The van der Waals surface area contributed by atoms with Crippen LogP contribution in [0.4, 0.5) is 0 Å². The van der Waals surface area contributed by atoms with Crippen molar-refractivity contribution in [2.45, 2.75) is 52.4 Å². The lowest BCUT2D eigenvalue weighted by Gasteiger charge is -2.52. The molecule has 1 aliphatic carbocycles. The highest BCUT2D eigenvalue weighted by Gasteiger charge is 2.48. The first-order valence-corrected chi connectivity index (χ1v) is 8.40. The number of hydrogen-bond donors (Lipinski definition) is 2. The van der Waals surface area contributed by atoms with E-state index in [-0.39, 0.29) is 5.41 Å². The zero-order chi connectivity index (χ0) is 14.8. The van der Waals surface area contributed by atoms with Crippen molar-refractivity contribution in [1.29, 1.82) is 0 Å². The third-order valence-electron chi connectivity index (χ3n) is 4.29. The van der Waals surface area contributed by atoms with Gasteiger partial charge in [-0.3, -0.25) is 0 Å². The molecule has 0 saturated heterocycles. The molecule has 1 saturated carbocycles. The molecule has 1 aromatic rings. The Morgan fingerprint density at radius 2 is 2.25 bits per heavy atom. The van der Waals surface area contributed by atoms with Crippen LogP contribution in [-0.4, -0.2) is 30.4 Å². The smallest absolute Gasteiger partial charge is 0.0922 e. The third-order valence-corrected chi connectivity index (χ3v) is 5.00. The molecule has 1 fully saturated rings. The van der Waals surface area contributed by atoms with Crippen LogP contribution in [0.1, 0.15) is 45.8 Å². The van der Waals surface area contributed by atoms with Crippen molar-refractivity contribution in [3.8, 4) is 0 Å². The molecule has 1 aromatic heterocycles. The van der Waals surface area contributed by atoms with Crippen LogP contribution < -0.4 is 5.32 Å². The fourth-order valence-electron chi connectivity index (χ4n) is 2.66. The molecule has 0 radical (unpaired) electrons. The van der Waals surface area contributed by atoms with Crippen molar-refractivity contribution >= 4 is 11.3 Å². The summed E-state index contributed by atoms with van der Waals surface area (Å²) in [5.41, 5.74) is 1.15. The molecular formula is C16H27NO2S. The van der Waals surface area contributed by atoms with Gasteiger partial charge in [-0.2, -0.15) is 11.3 Å². The van der Waals surface area contributed by atoms with Gasteiger partial charge in [0, 0.05) is 24.6 Å². The number of nitrogens with one attached hydrogen (secondary N) is 1. The van der Waals surface area contributed by atoms with Gasteiger partial charge >= 0.3 is 0 Å². The summed E-state index contributed by atoms with van der Waals surface area (Å²) in [5.74, 6) is 0.582. The molecule has 3 unspecified atom stereocenters. The Morgan fingerprint density at radius 1 is 1.50 bits per heavy atom. The predicted molar refractivity (Wildman–Crippen MR) is 84.0 cm³/mol. The fourth-order valence-corrected chi connectivity index (χ4v) is 3.37. The summed E-state index contributed by atoms with van der Waals surface area (Å²) in [6, 6.07) is 2.41. The zero-order valence-corrected chi connectivity index (χ0v) is 13.7. The lowest BCUT2D eigenvalue weighted by molar-refractivity contribution is -0.125. The second-order valence-corrected chi connectivity index (χ2v) is 7.59. The molecule has 0 aromatic carbocycles. The minimum atomic E-state index is -0.410. The van der Waals surface area contributed by atoms with Crippen molar-refractivity contribution in [3.05, 3.63) is 22.4 Å². The fraction of sp³-hybridized carbons (Fsp3) is 0.750. The van der Waals surface area contributed by atoms with Crippen LogP contribution in [0.25, 0.3) is 0 Å². The van der Waals surface area contributed by atoms with Gasteiger partial charge in [-0.05, 0) is 34.7 Å². The third kappa shape index (κ3) is 3.61. The molecule has 3 nitrogen and oxygen atoms in total. The van der Waals surface area contributed by atoms with Crippen LogP contribution in [0.3, 0.4) is 0 Å². The van der Waals surface area contributed by atoms with Crippen LogP contribution in [0.2, 0.25) is 0 Å². The molecule has 0 bridgehead atoms. The van der Waals surface area contributed by atoms with Gasteiger partial charge < -0.3 is 15.2 Å². The molecular weight excluding hydrogens is 270 g/mol. The Kier molecular flexibility index (Phi) is 5.24. The van der Waals surface area contributed by atoms with Gasteiger partial charge in [0.25, 0.3) is 0 Å². The van der Waals surface area contributed by atoms with Crippen LogP contribution in [0.15, 0.2) is 16.8 Å². The highest BCUT2D eigenvalue weighted by Crippen LogP contribution is 2.43. The van der Waals surface area contributed by atoms with Crippen LogP contribution in [0.5, 0.6) is 0 Å². The molecule has 1 heterocycles. The maximum Gasteiger partial charge on any atom is 0.0922 e. The molecule has 3 atom stereocenters. The number of thiophene rings is 1. The normalized spacial score (nSPS) is 26.5. The molecule has 0 spiro atoms. The summed E-state index contributed by atoms with van der Waals surface area (Å²) < 4.78 is 5.96. The van der Waals surface area contributed by atoms with Crippen molar-refractivity contribution in [2.24, 2.45) is 11.3 Å². The van der Waals surface area contributed by atoms with E-state index in [0.29, 0.717) is 24.6 Å². The van der Waals surface area contributed by atoms with E-state index in [9.17, 15) is 5.11 Å². The van der Waals surface area contributed by atoms with E-state index in [1.165, 1.54) is 0 Å². The van der Waals surface area contributed by atoms with Gasteiger partial charge in [0.2, 0.25) is 0 Å². The summed E-state index contributed by atoms with van der Waals surface area (Å²) in [6.07, 6.45) is 0.962. The second-order valence-electron chi connectivity index (χ2n) is 6.81. The van der Waals surface area contributed by atoms with Gasteiger partial charge in [-0.15, -0.1) is 0 Å². The Hall–Kier alpha value is -0.420. The summed E-state index contributed by atoms with van der Waals surface area (Å²) in [4.78, 5) is 0. The average Bonchev–Trinajstić information content (AvgIpc) is 2.90. The molecule has 4 heteroatoms. The van der Waals surface area contributed by atoms with Gasteiger partial charge in [-0.25, -0.2) is 0 Å². The first kappa shape index (κ1) is 16.0. The van der Waals surface area contributed by atoms with Crippen molar-refractivity contribution < 1.29 is 9.84 Å². The van der Waals surface area contributed by atoms with E-state index in [0.717, 1.165) is 18.6 Å². The predicted octanol–water partition coefficient (Wildman–Crippen LogP) is 3.21. The number of rotatable bonds is 7. The summed E-state index contributed by atoms with van der Waals surface area (Å²) in [5, 5.41) is 17.6. The maximum absolute atomic E-state index is 10.1. The van der Waals surface area contributed by atoms with E-state index in [1.807, 2.05) is 16.8 Å². The van der Waals surface area contributed by atoms with E-state index in [2.05, 4.69) is 33.0 Å². The van der Waals surface area contributed by atoms with E-state index in [4.69, 9.17) is 4.74 Å². The topological polar surface area (TPSA) is 41.5 Å². The molecule has 2 rings (SSSR count). The number of ether oxygens (including phenoxy) is 1. The van der Waals surface area contributed by atoms with E-state index in [1.54, 1.807) is 11.3 Å². The summed E-state index contributed by atoms with van der Waals surface area (Å²) in [6.45, 7) is 10.3.